The van der Waals surface area contributed by atoms with Crippen LogP contribution in [0, 0.1) is 11.3 Å². The maximum atomic E-state index is 11.1. The second-order valence-electron chi connectivity index (χ2n) is 8.23. The Kier molecular flexibility index (Phi) is 4.65. The second-order valence-corrected chi connectivity index (χ2v) is 9.31. The van der Waals surface area contributed by atoms with E-state index >= 15 is 0 Å². The van der Waals surface area contributed by atoms with Gasteiger partial charge in [-0.25, -0.2) is 4.79 Å². The molecule has 160 valence electrons. The first-order chi connectivity index (χ1) is 16.6. The molecule has 0 aliphatic heterocycles. The number of thiophene rings is 1. The first-order valence-corrected chi connectivity index (χ1v) is 11.7. The van der Waals surface area contributed by atoms with Gasteiger partial charge in [0.05, 0.1) is 0 Å². The monoisotopic (exact) mass is 455 g/mol. The minimum absolute atomic E-state index is 0.278. The number of nitrogens with zero attached hydrogens (tertiary/aromatic N) is 1. The highest BCUT2D eigenvalue weighted by atomic mass is 32.1. The molecule has 1 N–H and O–H groups in total. The molecule has 0 saturated carbocycles. The lowest BCUT2D eigenvalue weighted by molar-refractivity contribution is -0.132. The van der Waals surface area contributed by atoms with Gasteiger partial charge in [0.2, 0.25) is 0 Å². The molecule has 4 heteroatoms. The predicted molar refractivity (Wildman–Crippen MR) is 140 cm³/mol. The molecule has 1 aromatic heterocycles. The third kappa shape index (κ3) is 3.23. The largest absolute Gasteiger partial charge is 0.477 e. The highest BCUT2D eigenvalue weighted by Gasteiger charge is 2.13. The van der Waals surface area contributed by atoms with Crippen molar-refractivity contribution in [3.05, 3.63) is 102 Å². The molecule has 0 unspecified atom stereocenters. The molecule has 3 nitrogen and oxygen atoms in total. The van der Waals surface area contributed by atoms with E-state index in [1.807, 2.05) is 24.3 Å². The normalized spacial score (nSPS) is 11.9. The van der Waals surface area contributed by atoms with E-state index in [2.05, 4.69) is 66.7 Å². The van der Waals surface area contributed by atoms with Gasteiger partial charge < -0.3 is 5.11 Å². The van der Waals surface area contributed by atoms with Gasteiger partial charge in [-0.1, -0.05) is 78.9 Å². The van der Waals surface area contributed by atoms with Crippen LogP contribution in [-0.4, -0.2) is 11.1 Å². The number of nitriles is 1. The molecule has 0 saturated heterocycles. The van der Waals surface area contributed by atoms with E-state index in [1.54, 1.807) is 17.4 Å². The van der Waals surface area contributed by atoms with Crippen molar-refractivity contribution in [3.8, 4) is 27.0 Å². The topological polar surface area (TPSA) is 61.1 Å². The molecule has 0 spiro atoms. The van der Waals surface area contributed by atoms with E-state index in [-0.39, 0.29) is 5.57 Å². The predicted octanol–water partition coefficient (Wildman–Crippen LogP) is 7.97. The summed E-state index contributed by atoms with van der Waals surface area (Å²) in [6.07, 6.45) is 1.39. The Morgan fingerprint density at radius 3 is 2.12 bits per heavy atom. The summed E-state index contributed by atoms with van der Waals surface area (Å²) in [4.78, 5) is 13.4. The molecule has 5 aromatic carbocycles. The van der Waals surface area contributed by atoms with Crippen LogP contribution in [0.4, 0.5) is 0 Å². The van der Waals surface area contributed by atoms with Gasteiger partial charge in [0, 0.05) is 9.75 Å². The Balaban J connectivity index is 1.42. The zero-order valence-corrected chi connectivity index (χ0v) is 18.8. The summed E-state index contributed by atoms with van der Waals surface area (Å²) in [7, 11) is 0. The SMILES string of the molecule is N#C/C(=C/c1ccc(-c2ccc(-c3ccc4ccc5cccc6ccc3c4c56)s2)cc1)C(=O)O. The highest BCUT2D eigenvalue weighted by Crippen LogP contribution is 2.42. The zero-order chi connectivity index (χ0) is 23.2. The Morgan fingerprint density at radius 2 is 1.41 bits per heavy atom. The van der Waals surface area contributed by atoms with Crippen molar-refractivity contribution in [2.24, 2.45) is 0 Å². The smallest absolute Gasteiger partial charge is 0.346 e. The average molecular weight is 456 g/mol. The third-order valence-corrected chi connectivity index (χ3v) is 7.42. The van der Waals surface area contributed by atoms with Gasteiger partial charge in [-0.3, -0.25) is 0 Å². The molecule has 1 heterocycles. The van der Waals surface area contributed by atoms with Crippen LogP contribution in [-0.2, 0) is 4.79 Å². The molecule has 0 atom stereocenters. The van der Waals surface area contributed by atoms with Crippen molar-refractivity contribution < 1.29 is 9.90 Å². The molecular weight excluding hydrogens is 438 g/mol. The fraction of sp³-hybridized carbons (Fsp3) is 0. The molecule has 0 radical (unpaired) electrons. The summed E-state index contributed by atoms with van der Waals surface area (Å²) in [6.45, 7) is 0. The number of carbonyl (C=O) groups is 1. The van der Waals surface area contributed by atoms with Crippen LogP contribution in [0.2, 0.25) is 0 Å². The maximum Gasteiger partial charge on any atom is 0.346 e. The van der Waals surface area contributed by atoms with E-state index in [9.17, 15) is 4.79 Å². The summed E-state index contributed by atoms with van der Waals surface area (Å²) in [5.41, 5.74) is 2.69. The zero-order valence-electron chi connectivity index (χ0n) is 17.9. The first kappa shape index (κ1) is 20.2. The number of rotatable bonds is 4. The second kappa shape index (κ2) is 7.84. The molecular formula is C30H17NO2S. The summed E-state index contributed by atoms with van der Waals surface area (Å²) < 4.78 is 0. The molecule has 0 aliphatic rings. The molecule has 34 heavy (non-hydrogen) atoms. The van der Waals surface area contributed by atoms with Crippen molar-refractivity contribution in [1.29, 1.82) is 5.26 Å². The molecule has 6 rings (SSSR count). The minimum atomic E-state index is -1.22. The quantitative estimate of drug-likeness (QED) is 0.167. The van der Waals surface area contributed by atoms with E-state index in [0.717, 1.165) is 10.4 Å². The van der Waals surface area contributed by atoms with Gasteiger partial charge >= 0.3 is 5.97 Å². The van der Waals surface area contributed by atoms with Gasteiger partial charge in [-0.15, -0.1) is 11.3 Å². The Labute approximate surface area is 199 Å². The Hall–Kier alpha value is -4.46. The minimum Gasteiger partial charge on any atom is -0.477 e. The van der Waals surface area contributed by atoms with Crippen LogP contribution in [0.1, 0.15) is 5.56 Å². The van der Waals surface area contributed by atoms with Gasteiger partial charge in [0.25, 0.3) is 0 Å². The summed E-state index contributed by atoms with van der Waals surface area (Å²) in [5.74, 6) is -1.22. The molecule has 6 aromatic rings. The maximum absolute atomic E-state index is 11.1. The lowest BCUT2D eigenvalue weighted by Crippen LogP contribution is -1.97. The lowest BCUT2D eigenvalue weighted by Gasteiger charge is -2.13. The van der Waals surface area contributed by atoms with Crippen molar-refractivity contribution in [2.45, 2.75) is 0 Å². The van der Waals surface area contributed by atoms with Crippen LogP contribution >= 0.6 is 11.3 Å². The molecule has 0 fully saturated rings. The van der Waals surface area contributed by atoms with Crippen LogP contribution in [0.15, 0.2) is 96.6 Å². The Bertz CT molecular complexity index is 1770. The fourth-order valence-electron chi connectivity index (χ4n) is 4.64. The number of benzene rings is 5. The standard InChI is InChI=1S/C30H17NO2S/c31-17-23(30(32)33)16-18-4-6-19(7-5-18)26-14-15-27(34-26)24-12-10-22-9-8-20-2-1-3-21-11-13-25(24)29(22)28(20)21/h1-16H,(H,32,33)/b23-16-. The number of hydrogen-bond donors (Lipinski definition) is 1. The number of hydrogen-bond acceptors (Lipinski definition) is 3. The molecule has 0 aliphatic carbocycles. The molecule has 0 amide bonds. The first-order valence-electron chi connectivity index (χ1n) is 10.8. The number of carboxylic acid groups (broad SMARTS) is 1. The number of carboxylic acids is 1. The van der Waals surface area contributed by atoms with E-state index in [1.165, 1.54) is 48.8 Å². The van der Waals surface area contributed by atoms with Crippen molar-refractivity contribution in [1.82, 2.24) is 0 Å². The van der Waals surface area contributed by atoms with Crippen LogP contribution in [0.25, 0.3) is 59.3 Å². The summed E-state index contributed by atoms with van der Waals surface area (Å²) in [5, 5.41) is 25.7. The summed E-state index contributed by atoms with van der Waals surface area (Å²) in [6, 6.07) is 33.3. The average Bonchev–Trinajstić information content (AvgIpc) is 3.36. The van der Waals surface area contributed by atoms with Crippen LogP contribution < -0.4 is 0 Å². The van der Waals surface area contributed by atoms with Gasteiger partial charge in [0.15, 0.2) is 0 Å². The van der Waals surface area contributed by atoms with E-state index in [4.69, 9.17) is 10.4 Å². The van der Waals surface area contributed by atoms with Gasteiger partial charge in [0.1, 0.15) is 11.6 Å². The van der Waals surface area contributed by atoms with Crippen LogP contribution in [0.3, 0.4) is 0 Å². The van der Waals surface area contributed by atoms with Crippen molar-refractivity contribution in [3.63, 3.8) is 0 Å². The van der Waals surface area contributed by atoms with E-state index < -0.39 is 5.97 Å². The van der Waals surface area contributed by atoms with Crippen molar-refractivity contribution in [2.75, 3.05) is 0 Å². The van der Waals surface area contributed by atoms with Gasteiger partial charge in [-0.05, 0) is 67.2 Å². The molecule has 0 bridgehead atoms. The third-order valence-electron chi connectivity index (χ3n) is 6.26. The fourth-order valence-corrected chi connectivity index (χ4v) is 5.69. The number of aliphatic carboxylic acids is 1. The highest BCUT2D eigenvalue weighted by molar-refractivity contribution is 7.18. The summed E-state index contributed by atoms with van der Waals surface area (Å²) >= 11 is 1.74. The lowest BCUT2D eigenvalue weighted by atomic mass is 9.91. The van der Waals surface area contributed by atoms with Gasteiger partial charge in [-0.2, -0.15) is 5.26 Å². The van der Waals surface area contributed by atoms with Crippen molar-refractivity contribution >= 4 is 55.7 Å². The Morgan fingerprint density at radius 1 is 0.765 bits per heavy atom. The van der Waals surface area contributed by atoms with E-state index in [0.29, 0.717) is 5.56 Å². The van der Waals surface area contributed by atoms with Crippen LogP contribution in [0.5, 0.6) is 0 Å².